The highest BCUT2D eigenvalue weighted by Gasteiger charge is 2.30. The Balaban J connectivity index is 1.66. The van der Waals surface area contributed by atoms with Crippen molar-refractivity contribution in [2.24, 2.45) is 0 Å². The summed E-state index contributed by atoms with van der Waals surface area (Å²) in [6.45, 7) is 3.63. The van der Waals surface area contributed by atoms with Crippen molar-refractivity contribution in [2.45, 2.75) is 13.0 Å². The molecule has 2 aromatic heterocycles. The van der Waals surface area contributed by atoms with Crippen molar-refractivity contribution in [1.29, 1.82) is 5.26 Å². The maximum absolute atomic E-state index is 8.75. The van der Waals surface area contributed by atoms with Crippen LogP contribution in [0.3, 0.4) is 0 Å². The van der Waals surface area contributed by atoms with Crippen molar-refractivity contribution < 1.29 is 0 Å². The second-order valence-corrected chi connectivity index (χ2v) is 4.44. The molecule has 0 saturated carbocycles. The van der Waals surface area contributed by atoms with E-state index in [2.05, 4.69) is 26.0 Å². The summed E-state index contributed by atoms with van der Waals surface area (Å²) in [4.78, 5) is 10.7. The predicted molar refractivity (Wildman–Crippen MR) is 65.0 cm³/mol. The van der Waals surface area contributed by atoms with Crippen molar-refractivity contribution in [2.75, 3.05) is 18.0 Å². The van der Waals surface area contributed by atoms with Gasteiger partial charge in [0.2, 0.25) is 5.95 Å². The molecule has 0 aliphatic carbocycles. The Morgan fingerprint density at radius 2 is 2.00 bits per heavy atom. The van der Waals surface area contributed by atoms with Crippen LogP contribution in [0, 0.1) is 18.3 Å². The van der Waals surface area contributed by atoms with Crippen LogP contribution in [0.5, 0.6) is 0 Å². The second kappa shape index (κ2) is 4.11. The quantitative estimate of drug-likeness (QED) is 0.780. The van der Waals surface area contributed by atoms with Crippen LogP contribution in [0.25, 0.3) is 0 Å². The average Bonchev–Trinajstić information content (AvgIpc) is 2.78. The minimum Gasteiger partial charge on any atom is -0.336 e. The van der Waals surface area contributed by atoms with Crippen molar-refractivity contribution >= 4 is 5.95 Å². The van der Waals surface area contributed by atoms with Gasteiger partial charge >= 0.3 is 0 Å². The molecular formula is C12H12N6. The van der Waals surface area contributed by atoms with E-state index in [9.17, 15) is 0 Å². The molecular weight excluding hydrogens is 228 g/mol. The zero-order valence-electron chi connectivity index (χ0n) is 9.98. The third-order valence-electron chi connectivity index (χ3n) is 3.02. The lowest BCUT2D eigenvalue weighted by molar-refractivity contribution is 0.363. The number of aryl methyl sites for hydroxylation is 1. The lowest BCUT2D eigenvalue weighted by Gasteiger charge is -2.39. The van der Waals surface area contributed by atoms with Gasteiger partial charge in [-0.1, -0.05) is 0 Å². The third-order valence-corrected chi connectivity index (χ3v) is 3.02. The summed E-state index contributed by atoms with van der Waals surface area (Å²) in [6.07, 6.45) is 7.00. The van der Waals surface area contributed by atoms with E-state index >= 15 is 0 Å². The molecule has 90 valence electrons. The van der Waals surface area contributed by atoms with E-state index in [0.29, 0.717) is 11.6 Å². The number of rotatable bonds is 2. The maximum atomic E-state index is 8.75. The third kappa shape index (κ3) is 1.80. The number of hydrogen-bond acceptors (Lipinski definition) is 5. The molecule has 0 spiro atoms. The Kier molecular flexibility index (Phi) is 2.45. The largest absolute Gasteiger partial charge is 0.336 e. The van der Waals surface area contributed by atoms with E-state index in [1.165, 1.54) is 0 Å². The van der Waals surface area contributed by atoms with Crippen LogP contribution >= 0.6 is 0 Å². The predicted octanol–water partition coefficient (Wildman–Crippen LogP) is 0.914. The molecule has 2 aromatic rings. The van der Waals surface area contributed by atoms with E-state index < -0.39 is 0 Å². The molecule has 0 atom stereocenters. The minimum absolute atomic E-state index is 0.303. The Morgan fingerprint density at radius 3 is 2.61 bits per heavy atom. The van der Waals surface area contributed by atoms with Crippen molar-refractivity contribution in [3.63, 3.8) is 0 Å². The van der Waals surface area contributed by atoms with Gasteiger partial charge in [0, 0.05) is 31.7 Å². The molecule has 0 aromatic carbocycles. The summed E-state index contributed by atoms with van der Waals surface area (Å²) < 4.78 is 1.84. The fraction of sp³-hybridized carbons (Fsp3) is 0.333. The van der Waals surface area contributed by atoms with Crippen LogP contribution in [0.1, 0.15) is 17.2 Å². The topological polar surface area (TPSA) is 70.6 Å². The molecule has 1 fully saturated rings. The van der Waals surface area contributed by atoms with Crippen LogP contribution in [0.4, 0.5) is 5.95 Å². The molecule has 0 N–H and O–H groups in total. The Labute approximate surface area is 105 Å². The van der Waals surface area contributed by atoms with Crippen molar-refractivity contribution in [1.82, 2.24) is 19.7 Å². The highest BCUT2D eigenvalue weighted by atomic mass is 15.4. The normalized spacial score (nSPS) is 15.2. The van der Waals surface area contributed by atoms with Crippen LogP contribution in [-0.2, 0) is 0 Å². The maximum Gasteiger partial charge on any atom is 0.225 e. The van der Waals surface area contributed by atoms with Gasteiger partial charge in [-0.3, -0.25) is 4.68 Å². The highest BCUT2D eigenvalue weighted by molar-refractivity contribution is 5.35. The minimum atomic E-state index is 0.303. The first kappa shape index (κ1) is 10.7. The summed E-state index contributed by atoms with van der Waals surface area (Å²) >= 11 is 0. The average molecular weight is 240 g/mol. The van der Waals surface area contributed by atoms with Gasteiger partial charge < -0.3 is 4.90 Å². The van der Waals surface area contributed by atoms with E-state index in [1.807, 2.05) is 24.0 Å². The fourth-order valence-electron chi connectivity index (χ4n) is 1.93. The van der Waals surface area contributed by atoms with Gasteiger partial charge in [0.15, 0.2) is 0 Å². The smallest absolute Gasteiger partial charge is 0.225 e. The molecule has 0 amide bonds. The molecule has 6 heteroatoms. The SMILES string of the molecule is Cc1cnc(N2CC(n3cc(C#N)cn3)C2)nc1. The molecule has 0 unspecified atom stereocenters. The zero-order valence-corrected chi connectivity index (χ0v) is 9.98. The molecule has 1 aliphatic rings. The summed E-state index contributed by atoms with van der Waals surface area (Å²) in [6, 6.07) is 2.38. The fourth-order valence-corrected chi connectivity index (χ4v) is 1.93. The Hall–Kier alpha value is -2.42. The molecule has 1 saturated heterocycles. The zero-order chi connectivity index (χ0) is 12.5. The van der Waals surface area contributed by atoms with Crippen LogP contribution < -0.4 is 4.90 Å². The lowest BCUT2D eigenvalue weighted by Crippen LogP contribution is -2.48. The number of hydrogen-bond donors (Lipinski definition) is 0. The van der Waals surface area contributed by atoms with Gasteiger partial charge in [-0.15, -0.1) is 0 Å². The molecule has 3 rings (SSSR count). The molecule has 3 heterocycles. The van der Waals surface area contributed by atoms with Gasteiger partial charge in [-0.25, -0.2) is 9.97 Å². The van der Waals surface area contributed by atoms with E-state index in [1.54, 1.807) is 12.4 Å². The Morgan fingerprint density at radius 1 is 1.28 bits per heavy atom. The first-order chi connectivity index (χ1) is 8.76. The van der Waals surface area contributed by atoms with E-state index in [4.69, 9.17) is 5.26 Å². The van der Waals surface area contributed by atoms with Crippen LogP contribution in [0.2, 0.25) is 0 Å². The second-order valence-electron chi connectivity index (χ2n) is 4.44. The van der Waals surface area contributed by atoms with Crippen LogP contribution in [0.15, 0.2) is 24.8 Å². The number of anilines is 1. The molecule has 0 bridgehead atoms. The molecule has 1 aliphatic heterocycles. The van der Waals surface area contributed by atoms with Gasteiger partial charge in [0.05, 0.1) is 17.8 Å². The van der Waals surface area contributed by atoms with Gasteiger partial charge in [-0.2, -0.15) is 10.4 Å². The first-order valence-electron chi connectivity index (χ1n) is 5.74. The van der Waals surface area contributed by atoms with Gasteiger partial charge in [-0.05, 0) is 12.5 Å². The Bertz CT molecular complexity index is 588. The van der Waals surface area contributed by atoms with Crippen molar-refractivity contribution in [3.05, 3.63) is 35.9 Å². The molecule has 18 heavy (non-hydrogen) atoms. The van der Waals surface area contributed by atoms with Gasteiger partial charge in [0.25, 0.3) is 0 Å². The van der Waals surface area contributed by atoms with Crippen LogP contribution in [-0.4, -0.2) is 32.8 Å². The lowest BCUT2D eigenvalue weighted by atomic mass is 10.1. The van der Waals surface area contributed by atoms with Crippen molar-refractivity contribution in [3.8, 4) is 6.07 Å². The standard InChI is InChI=1S/C12H12N6/c1-9-3-14-12(15-4-9)17-7-11(8-17)18-6-10(2-13)5-16-18/h3-6,11H,7-8H2,1H3. The molecule has 0 radical (unpaired) electrons. The van der Waals surface area contributed by atoms with E-state index in [-0.39, 0.29) is 0 Å². The number of aromatic nitrogens is 4. The summed E-state index contributed by atoms with van der Waals surface area (Å²) in [5.41, 5.74) is 1.65. The molecule has 6 nitrogen and oxygen atoms in total. The van der Waals surface area contributed by atoms with E-state index in [0.717, 1.165) is 24.6 Å². The highest BCUT2D eigenvalue weighted by Crippen LogP contribution is 2.24. The van der Waals surface area contributed by atoms with Gasteiger partial charge in [0.1, 0.15) is 6.07 Å². The summed E-state index contributed by atoms with van der Waals surface area (Å²) in [7, 11) is 0. The number of nitrogens with zero attached hydrogens (tertiary/aromatic N) is 6. The monoisotopic (exact) mass is 240 g/mol. The number of nitriles is 1. The first-order valence-corrected chi connectivity index (χ1v) is 5.74. The summed E-state index contributed by atoms with van der Waals surface area (Å²) in [5, 5.41) is 12.9. The summed E-state index contributed by atoms with van der Waals surface area (Å²) in [5.74, 6) is 0.754.